The average molecular weight is 526 g/mol. The third kappa shape index (κ3) is 6.82. The molecule has 0 amide bonds. The molecule has 0 saturated heterocycles. The number of rotatable bonds is 11. The van der Waals surface area contributed by atoms with Gasteiger partial charge in [0, 0.05) is 53.2 Å². The largest absolute Gasteiger partial charge is 0.404 e. The fraction of sp³-hybridized carbons (Fsp3) is 0.433. The first kappa shape index (κ1) is 28.9. The van der Waals surface area contributed by atoms with Crippen molar-refractivity contribution >= 4 is 34.2 Å². The van der Waals surface area contributed by atoms with Gasteiger partial charge < -0.3 is 20.9 Å². The van der Waals surface area contributed by atoms with Crippen LogP contribution in [-0.4, -0.2) is 43.9 Å². The van der Waals surface area contributed by atoms with Crippen molar-refractivity contribution in [2.24, 2.45) is 11.7 Å². The van der Waals surface area contributed by atoms with Gasteiger partial charge in [-0.2, -0.15) is 0 Å². The molecule has 2 aromatic rings. The summed E-state index contributed by atoms with van der Waals surface area (Å²) in [4.78, 5) is 14.1. The summed E-state index contributed by atoms with van der Waals surface area (Å²) in [5.74, 6) is 0.0332. The van der Waals surface area contributed by atoms with Crippen molar-refractivity contribution in [1.29, 1.82) is 0 Å². The number of halogens is 1. The zero-order chi connectivity index (χ0) is 27.1. The lowest BCUT2D eigenvalue weighted by atomic mass is 9.77. The highest BCUT2D eigenvalue weighted by Gasteiger charge is 2.30. The van der Waals surface area contributed by atoms with Crippen LogP contribution in [0.25, 0.3) is 11.1 Å². The molecule has 37 heavy (non-hydrogen) atoms. The lowest BCUT2D eigenvalue weighted by Crippen LogP contribution is -2.29. The summed E-state index contributed by atoms with van der Waals surface area (Å²) in [6, 6.07) is 11.9. The van der Waals surface area contributed by atoms with E-state index in [0.29, 0.717) is 18.0 Å². The molecule has 0 aliphatic heterocycles. The first-order valence-corrected chi connectivity index (χ1v) is 13.3. The lowest BCUT2D eigenvalue weighted by Gasteiger charge is -2.27. The SMILES string of the molecule is CCC(C)=C(C(=O)C1CCc2ccc(Cl)cc2C1)c1ccc(/C(=C/N)C(NC)OC)cc1NCC(C)O. The molecule has 0 spiro atoms. The number of benzene rings is 2. The number of aryl methyl sites for hydroxylation is 1. The standard InChI is InChI=1S/C30H40ClN3O3/c1-6-18(2)28(29(36)22-8-7-20-9-11-24(31)14-23(20)13-22)25-12-10-21(15-27(25)34-17-19(3)35)26(16-32)30(33-4)37-5/h9-12,14-16,19,22,30,33-35H,6-8,13,17,32H2,1-5H3/b26-16-,28-18?. The number of ketones is 1. The first-order chi connectivity index (χ1) is 17.7. The van der Waals surface area contributed by atoms with E-state index in [9.17, 15) is 9.90 Å². The Morgan fingerprint density at radius 2 is 2.03 bits per heavy atom. The highest BCUT2D eigenvalue weighted by atomic mass is 35.5. The molecule has 0 aromatic heterocycles. The zero-order valence-corrected chi connectivity index (χ0v) is 23.3. The molecule has 1 aliphatic rings. The minimum Gasteiger partial charge on any atom is -0.404 e. The predicted molar refractivity (Wildman–Crippen MR) is 153 cm³/mol. The molecule has 0 heterocycles. The number of aliphatic hydroxyl groups excluding tert-OH is 1. The van der Waals surface area contributed by atoms with Gasteiger partial charge in [-0.3, -0.25) is 10.1 Å². The van der Waals surface area contributed by atoms with Crippen molar-refractivity contribution in [3.63, 3.8) is 0 Å². The number of likely N-dealkylation sites (N-methyl/N-ethyl adjacent to an activating group) is 1. The predicted octanol–water partition coefficient (Wildman–Crippen LogP) is 5.18. The van der Waals surface area contributed by atoms with Crippen LogP contribution < -0.4 is 16.4 Å². The van der Waals surface area contributed by atoms with Gasteiger partial charge in [0.2, 0.25) is 0 Å². The maximum absolute atomic E-state index is 14.1. The van der Waals surface area contributed by atoms with Gasteiger partial charge in [0.15, 0.2) is 5.78 Å². The van der Waals surface area contributed by atoms with Crippen molar-refractivity contribution < 1.29 is 14.6 Å². The van der Waals surface area contributed by atoms with E-state index in [1.807, 2.05) is 37.3 Å². The van der Waals surface area contributed by atoms with E-state index in [1.165, 1.54) is 11.8 Å². The Kier molecular flexibility index (Phi) is 10.4. The second-order valence-corrected chi connectivity index (χ2v) is 10.2. The fourth-order valence-corrected chi connectivity index (χ4v) is 5.18. The highest BCUT2D eigenvalue weighted by Crippen LogP contribution is 2.37. The van der Waals surface area contributed by atoms with Gasteiger partial charge in [0.05, 0.1) is 6.10 Å². The topological polar surface area (TPSA) is 96.6 Å². The van der Waals surface area contributed by atoms with Crippen molar-refractivity contribution in [2.45, 2.75) is 58.8 Å². The Labute approximate surface area is 225 Å². The Morgan fingerprint density at radius 3 is 2.65 bits per heavy atom. The van der Waals surface area contributed by atoms with E-state index >= 15 is 0 Å². The molecule has 3 unspecified atom stereocenters. The number of allylic oxidation sites excluding steroid dienone is 2. The highest BCUT2D eigenvalue weighted by molar-refractivity contribution is 6.30. The molecule has 3 atom stereocenters. The summed E-state index contributed by atoms with van der Waals surface area (Å²) in [6.45, 7) is 6.18. The number of anilines is 1. The molecular weight excluding hydrogens is 486 g/mol. The molecule has 2 aromatic carbocycles. The molecule has 0 radical (unpaired) electrons. The van der Waals surface area contributed by atoms with Crippen molar-refractivity contribution in [3.8, 4) is 0 Å². The Bertz CT molecular complexity index is 1170. The summed E-state index contributed by atoms with van der Waals surface area (Å²) in [5.41, 5.74) is 13.4. The minimum atomic E-state index is -0.556. The van der Waals surface area contributed by atoms with Gasteiger partial charge in [-0.05, 0) is 81.5 Å². The van der Waals surface area contributed by atoms with Gasteiger partial charge in [-0.15, -0.1) is 0 Å². The number of aliphatic hydroxyl groups is 1. The Morgan fingerprint density at radius 1 is 1.27 bits per heavy atom. The summed E-state index contributed by atoms with van der Waals surface area (Å²) in [6.07, 6.45) is 3.70. The summed E-state index contributed by atoms with van der Waals surface area (Å²) >= 11 is 6.26. The van der Waals surface area contributed by atoms with Gasteiger partial charge in [-0.1, -0.05) is 42.3 Å². The van der Waals surface area contributed by atoms with Gasteiger partial charge in [-0.25, -0.2) is 0 Å². The third-order valence-electron chi connectivity index (χ3n) is 7.14. The van der Waals surface area contributed by atoms with Crippen molar-refractivity contribution in [1.82, 2.24) is 5.32 Å². The number of Topliss-reactive ketones (excluding diaryl/α,β-unsaturated/α-hetero) is 1. The normalized spacial score (nSPS) is 18.0. The number of ether oxygens (including phenoxy) is 1. The van der Waals surface area contributed by atoms with Crippen LogP contribution in [-0.2, 0) is 22.4 Å². The second kappa shape index (κ2) is 13.2. The van der Waals surface area contributed by atoms with Crippen LogP contribution in [0.5, 0.6) is 0 Å². The maximum Gasteiger partial charge on any atom is 0.166 e. The molecule has 7 heteroatoms. The Hall–Kier alpha value is -2.64. The second-order valence-electron chi connectivity index (χ2n) is 9.74. The summed E-state index contributed by atoms with van der Waals surface area (Å²) < 4.78 is 5.54. The van der Waals surface area contributed by atoms with Crippen LogP contribution in [0.1, 0.15) is 55.9 Å². The number of hydrogen-bond donors (Lipinski definition) is 4. The first-order valence-electron chi connectivity index (χ1n) is 12.9. The van der Waals surface area contributed by atoms with Crippen LogP contribution in [0.4, 0.5) is 5.69 Å². The third-order valence-corrected chi connectivity index (χ3v) is 7.38. The number of carbonyl (C=O) groups is 1. The Balaban J connectivity index is 2.06. The van der Waals surface area contributed by atoms with Gasteiger partial charge in [0.1, 0.15) is 6.23 Å². The monoisotopic (exact) mass is 525 g/mol. The quantitative estimate of drug-likeness (QED) is 0.238. The van der Waals surface area contributed by atoms with Crippen LogP contribution >= 0.6 is 11.6 Å². The number of carbonyl (C=O) groups excluding carboxylic acids is 1. The minimum absolute atomic E-state index is 0.117. The fourth-order valence-electron chi connectivity index (χ4n) is 4.98. The number of nitrogens with two attached hydrogens (primary N) is 1. The summed E-state index contributed by atoms with van der Waals surface area (Å²) in [7, 11) is 3.42. The van der Waals surface area contributed by atoms with E-state index in [0.717, 1.165) is 58.4 Å². The van der Waals surface area contributed by atoms with E-state index in [2.05, 4.69) is 23.6 Å². The van der Waals surface area contributed by atoms with E-state index in [4.69, 9.17) is 22.1 Å². The number of nitrogens with one attached hydrogen (secondary N) is 2. The zero-order valence-electron chi connectivity index (χ0n) is 22.5. The van der Waals surface area contributed by atoms with Crippen LogP contribution in [0.15, 0.2) is 48.2 Å². The van der Waals surface area contributed by atoms with Crippen molar-refractivity contribution in [3.05, 3.63) is 75.4 Å². The molecule has 6 nitrogen and oxygen atoms in total. The molecule has 0 bridgehead atoms. The summed E-state index contributed by atoms with van der Waals surface area (Å²) in [5, 5.41) is 17.2. The smallest absolute Gasteiger partial charge is 0.166 e. The van der Waals surface area contributed by atoms with E-state index in [1.54, 1.807) is 21.1 Å². The van der Waals surface area contributed by atoms with E-state index < -0.39 is 6.10 Å². The number of fused-ring (bicyclic) bond motifs is 1. The van der Waals surface area contributed by atoms with E-state index in [-0.39, 0.29) is 17.9 Å². The molecular formula is C30H40ClN3O3. The lowest BCUT2D eigenvalue weighted by molar-refractivity contribution is -0.117. The van der Waals surface area contributed by atoms with Crippen LogP contribution in [0.2, 0.25) is 5.02 Å². The molecule has 0 saturated carbocycles. The van der Waals surface area contributed by atoms with Gasteiger partial charge >= 0.3 is 0 Å². The van der Waals surface area contributed by atoms with Crippen molar-refractivity contribution in [2.75, 3.05) is 26.0 Å². The number of methoxy groups -OCH3 is 1. The molecule has 1 aliphatic carbocycles. The molecule has 200 valence electrons. The van der Waals surface area contributed by atoms with Crippen LogP contribution in [0.3, 0.4) is 0 Å². The molecule has 3 rings (SSSR count). The van der Waals surface area contributed by atoms with Crippen LogP contribution in [0, 0.1) is 5.92 Å². The van der Waals surface area contributed by atoms with Gasteiger partial charge in [0.25, 0.3) is 0 Å². The number of hydrogen-bond acceptors (Lipinski definition) is 6. The molecule has 0 fully saturated rings. The maximum atomic E-state index is 14.1. The average Bonchev–Trinajstić information content (AvgIpc) is 2.90. The molecule has 5 N–H and O–H groups in total.